The third kappa shape index (κ3) is 3.54. The number of likely N-dealkylation sites (tertiary alicyclic amines) is 1. The van der Waals surface area contributed by atoms with Crippen LogP contribution in [0, 0.1) is 5.41 Å². The lowest BCUT2D eigenvalue weighted by Crippen LogP contribution is -2.52. The summed E-state index contributed by atoms with van der Waals surface area (Å²) in [7, 11) is 0. The molecule has 2 rings (SSSR count). The Morgan fingerprint density at radius 3 is 2.67 bits per heavy atom. The van der Waals surface area contributed by atoms with E-state index in [9.17, 15) is 14.7 Å². The van der Waals surface area contributed by atoms with Crippen molar-refractivity contribution >= 4 is 12.1 Å². The molecule has 1 aliphatic heterocycles. The zero-order chi connectivity index (χ0) is 15.5. The van der Waals surface area contributed by atoms with Crippen LogP contribution in [0.15, 0.2) is 30.3 Å². The second kappa shape index (κ2) is 6.16. The number of benzene rings is 1. The first-order valence-corrected chi connectivity index (χ1v) is 7.13. The Bertz CT molecular complexity index is 516. The molecule has 0 saturated carbocycles. The Balaban J connectivity index is 1.98. The summed E-state index contributed by atoms with van der Waals surface area (Å²) in [5.41, 5.74) is 0.0228. The van der Waals surface area contributed by atoms with E-state index in [1.807, 2.05) is 37.3 Å². The summed E-state index contributed by atoms with van der Waals surface area (Å²) in [6.45, 7) is 3.99. The predicted octanol–water partition coefficient (Wildman–Crippen LogP) is 2.90. The Morgan fingerprint density at radius 1 is 1.38 bits per heavy atom. The molecule has 114 valence electrons. The highest BCUT2D eigenvalue weighted by Gasteiger charge is 2.42. The van der Waals surface area contributed by atoms with E-state index in [0.29, 0.717) is 12.8 Å². The Labute approximate surface area is 124 Å². The second-order valence-electron chi connectivity index (χ2n) is 5.92. The molecule has 5 nitrogen and oxygen atoms in total. The van der Waals surface area contributed by atoms with E-state index in [1.165, 1.54) is 4.90 Å². The van der Waals surface area contributed by atoms with Crippen molar-refractivity contribution in [2.75, 3.05) is 6.54 Å². The molecule has 21 heavy (non-hydrogen) atoms. The molecule has 0 aromatic heterocycles. The molecule has 0 spiro atoms. The molecule has 0 aliphatic carbocycles. The van der Waals surface area contributed by atoms with Crippen LogP contribution in [-0.4, -0.2) is 34.7 Å². The first-order valence-electron chi connectivity index (χ1n) is 7.13. The third-order valence-electron chi connectivity index (χ3n) is 4.12. The molecule has 1 saturated heterocycles. The van der Waals surface area contributed by atoms with E-state index in [2.05, 4.69) is 0 Å². The van der Waals surface area contributed by atoms with Gasteiger partial charge >= 0.3 is 12.1 Å². The van der Waals surface area contributed by atoms with Gasteiger partial charge in [0.1, 0.15) is 6.61 Å². The summed E-state index contributed by atoms with van der Waals surface area (Å²) in [5, 5.41) is 9.31. The Kier molecular flexibility index (Phi) is 4.50. The topological polar surface area (TPSA) is 66.8 Å². The summed E-state index contributed by atoms with van der Waals surface area (Å²) in [5.74, 6) is -0.866. The first-order chi connectivity index (χ1) is 9.92. The number of nitrogens with zero attached hydrogens (tertiary/aromatic N) is 1. The molecule has 1 aliphatic rings. The van der Waals surface area contributed by atoms with Crippen molar-refractivity contribution < 1.29 is 19.4 Å². The summed E-state index contributed by atoms with van der Waals surface area (Å²) >= 11 is 0. The highest BCUT2D eigenvalue weighted by atomic mass is 16.6. The van der Waals surface area contributed by atoms with E-state index < -0.39 is 17.5 Å². The molecule has 1 aromatic carbocycles. The van der Waals surface area contributed by atoms with Crippen LogP contribution >= 0.6 is 0 Å². The molecule has 0 radical (unpaired) electrons. The van der Waals surface area contributed by atoms with Crippen LogP contribution in [0.25, 0.3) is 0 Å². The van der Waals surface area contributed by atoms with E-state index in [4.69, 9.17) is 4.74 Å². The number of piperidine rings is 1. The number of carboxylic acid groups (broad SMARTS) is 1. The van der Waals surface area contributed by atoms with Gasteiger partial charge in [0.25, 0.3) is 0 Å². The van der Waals surface area contributed by atoms with Gasteiger partial charge in [0.05, 0.1) is 5.41 Å². The van der Waals surface area contributed by atoms with Crippen LogP contribution < -0.4 is 0 Å². The maximum absolute atomic E-state index is 12.2. The number of rotatable bonds is 3. The molecular formula is C16H21NO4. The standard InChI is InChI=1S/C16H21NO4/c1-12-8-9-16(2,14(18)19)11-17(12)15(20)21-10-13-6-4-3-5-7-13/h3-7,12H,8-11H2,1-2H3,(H,18,19)/t12-,16+/m1/s1. The lowest BCUT2D eigenvalue weighted by molar-refractivity contribution is -0.151. The second-order valence-corrected chi connectivity index (χ2v) is 5.92. The largest absolute Gasteiger partial charge is 0.481 e. The number of carbonyl (C=O) groups is 2. The number of carbonyl (C=O) groups excluding carboxylic acids is 1. The van der Waals surface area contributed by atoms with E-state index in [1.54, 1.807) is 6.92 Å². The zero-order valence-electron chi connectivity index (χ0n) is 12.4. The molecule has 1 fully saturated rings. The van der Waals surface area contributed by atoms with Crippen molar-refractivity contribution in [2.24, 2.45) is 5.41 Å². The average molecular weight is 291 g/mol. The fourth-order valence-corrected chi connectivity index (χ4v) is 2.52. The van der Waals surface area contributed by atoms with Gasteiger partial charge in [-0.15, -0.1) is 0 Å². The highest BCUT2D eigenvalue weighted by Crippen LogP contribution is 2.33. The van der Waals surface area contributed by atoms with Crippen LogP contribution in [0.5, 0.6) is 0 Å². The van der Waals surface area contributed by atoms with Crippen molar-refractivity contribution in [3.05, 3.63) is 35.9 Å². The van der Waals surface area contributed by atoms with E-state index in [-0.39, 0.29) is 19.2 Å². The zero-order valence-corrected chi connectivity index (χ0v) is 12.4. The lowest BCUT2D eigenvalue weighted by Gasteiger charge is -2.41. The molecule has 1 heterocycles. The maximum Gasteiger partial charge on any atom is 0.410 e. The molecule has 1 amide bonds. The van der Waals surface area contributed by atoms with E-state index >= 15 is 0 Å². The lowest BCUT2D eigenvalue weighted by atomic mass is 9.80. The van der Waals surface area contributed by atoms with E-state index in [0.717, 1.165) is 5.56 Å². The van der Waals surface area contributed by atoms with Gasteiger partial charge in [0.2, 0.25) is 0 Å². The average Bonchev–Trinajstić information content (AvgIpc) is 2.48. The van der Waals surface area contributed by atoms with Gasteiger partial charge in [-0.3, -0.25) is 4.79 Å². The van der Waals surface area contributed by atoms with Crippen molar-refractivity contribution in [1.29, 1.82) is 0 Å². The maximum atomic E-state index is 12.2. The van der Waals surface area contributed by atoms with Gasteiger partial charge in [-0.2, -0.15) is 0 Å². The van der Waals surface area contributed by atoms with Gasteiger partial charge in [-0.1, -0.05) is 30.3 Å². The fourth-order valence-electron chi connectivity index (χ4n) is 2.52. The van der Waals surface area contributed by atoms with Crippen LogP contribution in [0.1, 0.15) is 32.3 Å². The SMILES string of the molecule is C[C@@H]1CC[C@](C)(C(=O)O)CN1C(=O)OCc1ccccc1. The number of ether oxygens (including phenoxy) is 1. The Morgan fingerprint density at radius 2 is 2.05 bits per heavy atom. The molecule has 5 heteroatoms. The van der Waals surface area contributed by atoms with Gasteiger partial charge in [0, 0.05) is 12.6 Å². The number of aliphatic carboxylic acids is 1. The van der Waals surface area contributed by atoms with Gasteiger partial charge in [-0.05, 0) is 32.3 Å². The number of amides is 1. The summed E-state index contributed by atoms with van der Waals surface area (Å²) in [4.78, 5) is 25.1. The van der Waals surface area contributed by atoms with Gasteiger partial charge in [0.15, 0.2) is 0 Å². The van der Waals surface area contributed by atoms with Crippen molar-refractivity contribution in [1.82, 2.24) is 4.90 Å². The number of hydrogen-bond donors (Lipinski definition) is 1. The Hall–Kier alpha value is -2.04. The normalized spacial score (nSPS) is 25.4. The van der Waals surface area contributed by atoms with Crippen LogP contribution in [-0.2, 0) is 16.1 Å². The fraction of sp³-hybridized carbons (Fsp3) is 0.500. The first kappa shape index (κ1) is 15.4. The third-order valence-corrected chi connectivity index (χ3v) is 4.12. The predicted molar refractivity (Wildman–Crippen MR) is 77.8 cm³/mol. The van der Waals surface area contributed by atoms with Crippen LogP contribution in [0.3, 0.4) is 0 Å². The van der Waals surface area contributed by atoms with Crippen molar-refractivity contribution in [3.63, 3.8) is 0 Å². The smallest absolute Gasteiger partial charge is 0.410 e. The number of hydrogen-bond acceptors (Lipinski definition) is 3. The quantitative estimate of drug-likeness (QED) is 0.930. The van der Waals surface area contributed by atoms with Crippen molar-refractivity contribution in [3.8, 4) is 0 Å². The minimum atomic E-state index is -0.891. The molecule has 1 N–H and O–H groups in total. The summed E-state index contributed by atoms with van der Waals surface area (Å²) < 4.78 is 5.31. The molecule has 0 unspecified atom stereocenters. The van der Waals surface area contributed by atoms with Gasteiger partial charge < -0.3 is 14.7 Å². The highest BCUT2D eigenvalue weighted by molar-refractivity contribution is 5.76. The van der Waals surface area contributed by atoms with Crippen LogP contribution in [0.4, 0.5) is 4.79 Å². The molecule has 2 atom stereocenters. The molecule has 1 aromatic rings. The van der Waals surface area contributed by atoms with Crippen molar-refractivity contribution in [2.45, 2.75) is 39.3 Å². The minimum absolute atomic E-state index is 0.000647. The monoisotopic (exact) mass is 291 g/mol. The van der Waals surface area contributed by atoms with Crippen LogP contribution in [0.2, 0.25) is 0 Å². The number of carboxylic acids is 1. The minimum Gasteiger partial charge on any atom is -0.481 e. The summed E-state index contributed by atoms with van der Waals surface area (Å²) in [6.07, 6.45) is 0.799. The molecule has 0 bridgehead atoms. The summed E-state index contributed by atoms with van der Waals surface area (Å²) in [6, 6.07) is 9.43. The van der Waals surface area contributed by atoms with Gasteiger partial charge in [-0.25, -0.2) is 4.79 Å². The molecular weight excluding hydrogens is 270 g/mol.